The number of halogens is 1. The van der Waals surface area contributed by atoms with Crippen LogP contribution in [0.1, 0.15) is 11.1 Å². The van der Waals surface area contributed by atoms with E-state index in [1.165, 1.54) is 3.57 Å². The molecule has 1 heterocycles. The van der Waals surface area contributed by atoms with Gasteiger partial charge in [0.2, 0.25) is 0 Å². The van der Waals surface area contributed by atoms with Crippen LogP contribution >= 0.6 is 22.6 Å². The number of benzene rings is 2. The van der Waals surface area contributed by atoms with E-state index in [1.807, 2.05) is 38.1 Å². The van der Waals surface area contributed by atoms with Gasteiger partial charge in [0, 0.05) is 20.8 Å². The Bertz CT molecular complexity index is 847. The number of hydrogen-bond donors (Lipinski definition) is 0. The molecule has 1 aromatic heterocycles. The maximum absolute atomic E-state index is 12.3. The smallest absolute Gasteiger partial charge is 0.151 e. The molecule has 0 aliphatic rings. The van der Waals surface area contributed by atoms with Crippen LogP contribution in [0.5, 0.6) is 0 Å². The molecule has 0 aliphatic carbocycles. The second kappa shape index (κ2) is 5.57. The summed E-state index contributed by atoms with van der Waals surface area (Å²) in [4.78, 5) is 0.790. The lowest BCUT2D eigenvalue weighted by atomic mass is 10.1. The van der Waals surface area contributed by atoms with E-state index in [0.717, 1.165) is 38.3 Å². The van der Waals surface area contributed by atoms with Gasteiger partial charge < -0.3 is 4.42 Å². The molecule has 0 saturated carbocycles. The zero-order valence-electron chi connectivity index (χ0n) is 12.1. The first kappa shape index (κ1) is 14.8. The maximum Gasteiger partial charge on any atom is 0.151 e. The van der Waals surface area contributed by atoms with Gasteiger partial charge in [-0.15, -0.1) is 0 Å². The van der Waals surface area contributed by atoms with E-state index in [1.54, 1.807) is 6.26 Å². The van der Waals surface area contributed by atoms with Gasteiger partial charge in [0.25, 0.3) is 0 Å². The van der Waals surface area contributed by atoms with Crippen LogP contribution in [0.3, 0.4) is 0 Å². The minimum absolute atomic E-state index is 0.718. The van der Waals surface area contributed by atoms with E-state index < -0.39 is 10.8 Å². The molecule has 0 radical (unpaired) electrons. The van der Waals surface area contributed by atoms with Gasteiger partial charge in [-0.25, -0.2) is 0 Å². The van der Waals surface area contributed by atoms with Crippen LogP contribution in [0.15, 0.2) is 45.7 Å². The molecule has 1 unspecified atom stereocenters. The molecule has 2 aromatic carbocycles. The fraction of sp³-hybridized carbons (Fsp3) is 0.176. The van der Waals surface area contributed by atoms with E-state index in [0.29, 0.717) is 0 Å². The molecule has 0 spiro atoms. The summed E-state index contributed by atoms with van der Waals surface area (Å²) in [5, 5.41) is 0.960. The topological polar surface area (TPSA) is 30.2 Å². The Morgan fingerprint density at radius 3 is 2.38 bits per heavy atom. The number of rotatable bonds is 2. The van der Waals surface area contributed by atoms with Crippen LogP contribution in [0.2, 0.25) is 0 Å². The zero-order chi connectivity index (χ0) is 15.1. The first-order chi connectivity index (χ1) is 9.97. The molecular formula is C17H15IO2S. The lowest BCUT2D eigenvalue weighted by Crippen LogP contribution is -1.89. The monoisotopic (exact) mass is 410 g/mol. The molecule has 2 nitrogen and oxygen atoms in total. The van der Waals surface area contributed by atoms with Crippen molar-refractivity contribution in [1.82, 2.24) is 0 Å². The third kappa shape index (κ3) is 2.66. The van der Waals surface area contributed by atoms with Gasteiger partial charge in [-0.05, 0) is 65.8 Å². The van der Waals surface area contributed by atoms with E-state index in [4.69, 9.17) is 4.42 Å². The molecule has 3 aromatic rings. The van der Waals surface area contributed by atoms with Crippen molar-refractivity contribution in [2.75, 3.05) is 6.26 Å². The Labute approximate surface area is 140 Å². The highest BCUT2D eigenvalue weighted by atomic mass is 127. The predicted octanol–water partition coefficient (Wildman–Crippen LogP) is 5.06. The molecule has 0 N–H and O–H groups in total. The predicted molar refractivity (Wildman–Crippen MR) is 96.2 cm³/mol. The molecule has 0 amide bonds. The second-order valence-electron chi connectivity index (χ2n) is 5.18. The number of aryl methyl sites for hydroxylation is 2. The van der Waals surface area contributed by atoms with Crippen LogP contribution in [-0.2, 0) is 10.8 Å². The SMILES string of the molecule is Cc1cc(C)c2oc(-c3ccc(I)cc3)c(S(C)=O)c2c1. The van der Waals surface area contributed by atoms with Gasteiger partial charge in [0.05, 0.1) is 15.7 Å². The van der Waals surface area contributed by atoms with Crippen molar-refractivity contribution in [3.8, 4) is 11.3 Å². The van der Waals surface area contributed by atoms with Crippen LogP contribution in [0.4, 0.5) is 0 Å². The minimum Gasteiger partial charge on any atom is -0.454 e. The fourth-order valence-corrected chi connectivity index (χ4v) is 3.85. The van der Waals surface area contributed by atoms with Crippen molar-refractivity contribution in [1.29, 1.82) is 0 Å². The summed E-state index contributed by atoms with van der Waals surface area (Å²) in [6, 6.07) is 12.2. The second-order valence-corrected chi connectivity index (χ2v) is 7.74. The first-order valence-corrected chi connectivity index (χ1v) is 9.24. The van der Waals surface area contributed by atoms with Gasteiger partial charge in [-0.3, -0.25) is 4.21 Å². The van der Waals surface area contributed by atoms with Gasteiger partial charge in [0.15, 0.2) is 5.76 Å². The molecule has 108 valence electrons. The normalized spacial score (nSPS) is 12.8. The first-order valence-electron chi connectivity index (χ1n) is 6.60. The fourth-order valence-electron chi connectivity index (χ4n) is 2.61. The van der Waals surface area contributed by atoms with E-state index in [-0.39, 0.29) is 0 Å². The van der Waals surface area contributed by atoms with E-state index in [2.05, 4.69) is 34.7 Å². The maximum atomic E-state index is 12.3. The highest BCUT2D eigenvalue weighted by molar-refractivity contribution is 14.1. The van der Waals surface area contributed by atoms with Crippen LogP contribution in [-0.4, -0.2) is 10.5 Å². The van der Waals surface area contributed by atoms with Gasteiger partial charge >= 0.3 is 0 Å². The Balaban J connectivity index is 2.37. The van der Waals surface area contributed by atoms with Crippen LogP contribution in [0, 0.1) is 17.4 Å². The Morgan fingerprint density at radius 2 is 1.76 bits per heavy atom. The Hall–Kier alpha value is -1.14. The molecular weight excluding hydrogens is 395 g/mol. The summed E-state index contributed by atoms with van der Waals surface area (Å²) in [5.74, 6) is 0.718. The van der Waals surface area contributed by atoms with Crippen molar-refractivity contribution in [3.63, 3.8) is 0 Å². The van der Waals surface area contributed by atoms with Crippen molar-refractivity contribution < 1.29 is 8.63 Å². The lowest BCUT2D eigenvalue weighted by molar-refractivity contribution is 0.620. The molecule has 0 fully saturated rings. The molecule has 0 bridgehead atoms. The molecule has 21 heavy (non-hydrogen) atoms. The van der Waals surface area contributed by atoms with Crippen molar-refractivity contribution >= 4 is 44.4 Å². The summed E-state index contributed by atoms with van der Waals surface area (Å²) >= 11 is 2.27. The largest absolute Gasteiger partial charge is 0.454 e. The number of hydrogen-bond acceptors (Lipinski definition) is 2. The summed E-state index contributed by atoms with van der Waals surface area (Å²) in [6.45, 7) is 4.07. The highest BCUT2D eigenvalue weighted by Crippen LogP contribution is 2.37. The average Bonchev–Trinajstić information content (AvgIpc) is 2.79. The number of furan rings is 1. The van der Waals surface area contributed by atoms with Gasteiger partial charge in [-0.2, -0.15) is 0 Å². The third-order valence-electron chi connectivity index (χ3n) is 3.47. The highest BCUT2D eigenvalue weighted by Gasteiger charge is 2.20. The van der Waals surface area contributed by atoms with Crippen molar-refractivity contribution in [3.05, 3.63) is 51.1 Å². The van der Waals surface area contributed by atoms with Crippen LogP contribution in [0.25, 0.3) is 22.3 Å². The summed E-state index contributed by atoms with van der Waals surface area (Å²) in [5.41, 5.74) is 4.03. The Morgan fingerprint density at radius 1 is 1.10 bits per heavy atom. The quantitative estimate of drug-likeness (QED) is 0.553. The Kier molecular flexibility index (Phi) is 3.92. The molecule has 3 rings (SSSR count). The lowest BCUT2D eigenvalue weighted by Gasteiger charge is -2.01. The summed E-state index contributed by atoms with van der Waals surface area (Å²) < 4.78 is 19.5. The third-order valence-corrected chi connectivity index (χ3v) is 5.17. The van der Waals surface area contributed by atoms with Gasteiger partial charge in [0.1, 0.15) is 5.58 Å². The number of fused-ring (bicyclic) bond motifs is 1. The molecule has 1 atom stereocenters. The van der Waals surface area contributed by atoms with Crippen molar-refractivity contribution in [2.45, 2.75) is 18.7 Å². The summed E-state index contributed by atoms with van der Waals surface area (Å²) in [7, 11) is -1.10. The van der Waals surface area contributed by atoms with Crippen molar-refractivity contribution in [2.24, 2.45) is 0 Å². The zero-order valence-corrected chi connectivity index (χ0v) is 15.0. The summed E-state index contributed by atoms with van der Waals surface area (Å²) in [6.07, 6.45) is 1.71. The molecule has 0 saturated heterocycles. The van der Waals surface area contributed by atoms with E-state index in [9.17, 15) is 4.21 Å². The van der Waals surface area contributed by atoms with Gasteiger partial charge in [-0.1, -0.05) is 18.2 Å². The molecule has 0 aliphatic heterocycles. The van der Waals surface area contributed by atoms with Crippen LogP contribution < -0.4 is 0 Å². The minimum atomic E-state index is -1.10. The average molecular weight is 410 g/mol. The van der Waals surface area contributed by atoms with E-state index >= 15 is 0 Å². The molecule has 4 heteroatoms. The standard InChI is InChI=1S/C17H15IO2S/c1-10-8-11(2)15-14(9-10)17(21(3)19)16(20-15)12-4-6-13(18)7-5-12/h4-9H,1-3H3.